The average Bonchev–Trinajstić information content (AvgIpc) is 3.19. The maximum atomic E-state index is 13.6. The summed E-state index contributed by atoms with van der Waals surface area (Å²) in [5, 5.41) is 9.57. The smallest absolute Gasteiger partial charge is 0.396 e. The second kappa shape index (κ2) is 8.06. The van der Waals surface area contributed by atoms with Crippen LogP contribution < -0.4 is 0 Å². The van der Waals surface area contributed by atoms with Crippen molar-refractivity contribution in [3.05, 3.63) is 65.7 Å². The lowest BCUT2D eigenvalue weighted by Gasteiger charge is -2.35. The predicted molar refractivity (Wildman–Crippen MR) is 106 cm³/mol. The first kappa shape index (κ1) is 24.6. The third-order valence-corrected chi connectivity index (χ3v) is 9.05. The van der Waals surface area contributed by atoms with E-state index in [1.807, 2.05) is 0 Å². The van der Waals surface area contributed by atoms with Crippen molar-refractivity contribution < 1.29 is 39.9 Å². The lowest BCUT2D eigenvalue weighted by Crippen LogP contribution is -2.51. The van der Waals surface area contributed by atoms with Crippen LogP contribution in [0.25, 0.3) is 0 Å². The van der Waals surface area contributed by atoms with E-state index >= 15 is 0 Å². The van der Waals surface area contributed by atoms with Crippen LogP contribution in [0.3, 0.4) is 0 Å². The van der Waals surface area contributed by atoms with Crippen molar-refractivity contribution in [3.8, 4) is 0 Å². The normalized spacial score (nSPS) is 22.8. The van der Waals surface area contributed by atoms with E-state index in [1.54, 1.807) is 6.07 Å². The summed E-state index contributed by atoms with van der Waals surface area (Å²) in [6.07, 6.45) is -10.8. The molecular weight excluding hydrogens is 458 g/mol. The van der Waals surface area contributed by atoms with Gasteiger partial charge in [-0.25, -0.2) is 8.42 Å². The third kappa shape index (κ3) is 3.71. The van der Waals surface area contributed by atoms with Gasteiger partial charge in [-0.15, -0.1) is 0 Å². The van der Waals surface area contributed by atoms with Crippen LogP contribution in [0.5, 0.6) is 0 Å². The van der Waals surface area contributed by atoms with Crippen LogP contribution in [0.15, 0.2) is 59.5 Å². The number of halogens is 6. The summed E-state index contributed by atoms with van der Waals surface area (Å²) >= 11 is 0. The molecule has 0 bridgehead atoms. The van der Waals surface area contributed by atoms with Gasteiger partial charge in [-0.3, -0.25) is 0 Å². The van der Waals surface area contributed by atoms with Gasteiger partial charge in [0.05, 0.1) is 4.90 Å². The van der Waals surface area contributed by atoms with Gasteiger partial charge in [-0.2, -0.15) is 26.3 Å². The van der Waals surface area contributed by atoms with Crippen molar-refractivity contribution in [2.24, 2.45) is 5.92 Å². The summed E-state index contributed by atoms with van der Waals surface area (Å²) in [6.45, 7) is -0.208. The van der Waals surface area contributed by atoms with Gasteiger partial charge in [0.1, 0.15) is 4.75 Å². The second-order valence-corrected chi connectivity index (χ2v) is 10.6. The number of hydrogen-bond donors (Lipinski definition) is 1. The molecule has 0 heterocycles. The molecule has 2 unspecified atom stereocenters. The molecule has 2 aromatic rings. The molecule has 0 amide bonds. The lowest BCUT2D eigenvalue weighted by molar-refractivity contribution is -0.297. The number of aliphatic hydroxyl groups is 1. The Hall–Kier alpha value is -2.07. The molecule has 0 saturated heterocycles. The zero-order valence-corrected chi connectivity index (χ0v) is 17.9. The van der Waals surface area contributed by atoms with Gasteiger partial charge in [0, 0.05) is 6.61 Å². The Morgan fingerprint density at radius 2 is 1.47 bits per heavy atom. The summed E-state index contributed by atoms with van der Waals surface area (Å²) in [6, 6.07) is 10.9. The molecule has 10 heteroatoms. The van der Waals surface area contributed by atoms with Crippen molar-refractivity contribution in [1.82, 2.24) is 0 Å². The van der Waals surface area contributed by atoms with Crippen LogP contribution in [-0.4, -0.2) is 32.5 Å². The predicted octanol–water partition coefficient (Wildman–Crippen LogP) is 5.53. The van der Waals surface area contributed by atoms with Crippen molar-refractivity contribution >= 4 is 9.84 Å². The highest BCUT2D eigenvalue weighted by atomic mass is 32.2. The van der Waals surface area contributed by atoms with Crippen molar-refractivity contribution in [2.75, 3.05) is 6.61 Å². The van der Waals surface area contributed by atoms with E-state index < -0.39 is 37.9 Å². The van der Waals surface area contributed by atoms with E-state index in [9.17, 15) is 39.9 Å². The molecule has 2 atom stereocenters. The number of alkyl halides is 6. The number of benzene rings is 2. The van der Waals surface area contributed by atoms with Crippen molar-refractivity contribution in [2.45, 2.75) is 53.6 Å². The molecule has 1 N–H and O–H groups in total. The van der Waals surface area contributed by atoms with E-state index in [-0.39, 0.29) is 42.7 Å². The Morgan fingerprint density at radius 3 is 1.91 bits per heavy atom. The van der Waals surface area contributed by atoms with Crippen LogP contribution in [0.2, 0.25) is 0 Å². The minimum absolute atomic E-state index is 0.00177. The zero-order chi connectivity index (χ0) is 24.0. The fourth-order valence-corrected chi connectivity index (χ4v) is 6.60. The molecule has 3 rings (SSSR count). The quantitative estimate of drug-likeness (QED) is 0.573. The summed E-state index contributed by atoms with van der Waals surface area (Å²) in [7, 11) is -4.06. The summed E-state index contributed by atoms with van der Waals surface area (Å²) in [5.74, 6) is -0.358. The Morgan fingerprint density at radius 1 is 0.938 bits per heavy atom. The molecule has 32 heavy (non-hydrogen) atoms. The van der Waals surface area contributed by atoms with Crippen LogP contribution in [-0.2, 0) is 20.0 Å². The van der Waals surface area contributed by atoms with Gasteiger partial charge in [-0.05, 0) is 55.4 Å². The molecule has 176 valence electrons. The van der Waals surface area contributed by atoms with Crippen molar-refractivity contribution in [1.29, 1.82) is 0 Å². The first-order valence-corrected chi connectivity index (χ1v) is 11.3. The number of sulfone groups is 1. The molecule has 0 radical (unpaired) electrons. The first-order chi connectivity index (χ1) is 14.7. The number of rotatable bonds is 5. The third-order valence-electron chi connectivity index (χ3n) is 6.52. The van der Waals surface area contributed by atoms with E-state index in [1.165, 1.54) is 24.3 Å². The topological polar surface area (TPSA) is 54.4 Å². The highest BCUT2D eigenvalue weighted by molar-refractivity contribution is 7.92. The molecule has 0 aliphatic heterocycles. The van der Waals surface area contributed by atoms with Gasteiger partial charge in [0.15, 0.2) is 15.3 Å². The molecular formula is C22H22F6O3S. The van der Waals surface area contributed by atoms with Gasteiger partial charge in [0.2, 0.25) is 0 Å². The lowest BCUT2D eigenvalue weighted by atomic mass is 9.80. The minimum Gasteiger partial charge on any atom is -0.396 e. The van der Waals surface area contributed by atoms with Gasteiger partial charge < -0.3 is 5.11 Å². The van der Waals surface area contributed by atoms with Crippen molar-refractivity contribution in [3.63, 3.8) is 0 Å². The molecule has 1 aliphatic carbocycles. The Balaban J connectivity index is 2.15. The SMILES string of the molecule is CC(c1ccc(C2(S(=O)(=O)c3ccccc3)CCC(CO)C2)cc1)(C(F)(F)F)C(F)(F)F. The van der Waals surface area contributed by atoms with Crippen LogP contribution in [0, 0.1) is 5.92 Å². The largest absolute Gasteiger partial charge is 0.406 e. The van der Waals surface area contributed by atoms with E-state index in [4.69, 9.17) is 0 Å². The number of hydrogen-bond acceptors (Lipinski definition) is 3. The molecule has 3 nitrogen and oxygen atoms in total. The maximum Gasteiger partial charge on any atom is 0.406 e. The first-order valence-electron chi connectivity index (χ1n) is 9.86. The van der Waals surface area contributed by atoms with Crippen LogP contribution in [0.1, 0.15) is 37.3 Å². The summed E-state index contributed by atoms with van der Waals surface area (Å²) < 4.78 is 106. The average molecular weight is 480 g/mol. The Bertz CT molecular complexity index is 1030. The Labute approximate surface area is 182 Å². The summed E-state index contributed by atoms with van der Waals surface area (Å²) in [5.41, 5.74) is -5.02. The molecule has 0 spiro atoms. The highest BCUT2D eigenvalue weighted by Gasteiger charge is 2.68. The molecule has 0 aromatic heterocycles. The van der Waals surface area contributed by atoms with Gasteiger partial charge >= 0.3 is 12.4 Å². The fourth-order valence-electron chi connectivity index (χ4n) is 4.35. The van der Waals surface area contributed by atoms with Crippen LogP contribution in [0.4, 0.5) is 26.3 Å². The highest BCUT2D eigenvalue weighted by Crippen LogP contribution is 2.54. The maximum absolute atomic E-state index is 13.6. The van der Waals surface area contributed by atoms with Gasteiger partial charge in [-0.1, -0.05) is 42.5 Å². The van der Waals surface area contributed by atoms with E-state index in [0.29, 0.717) is 18.6 Å². The minimum atomic E-state index is -5.60. The summed E-state index contributed by atoms with van der Waals surface area (Å²) in [4.78, 5) is -0.00177. The fraction of sp³-hybridized carbons (Fsp3) is 0.455. The zero-order valence-electron chi connectivity index (χ0n) is 17.0. The molecule has 1 fully saturated rings. The van der Waals surface area contributed by atoms with Gasteiger partial charge in [0.25, 0.3) is 0 Å². The number of aliphatic hydroxyl groups excluding tert-OH is 1. The van der Waals surface area contributed by atoms with E-state index in [0.717, 1.165) is 12.1 Å². The van der Waals surface area contributed by atoms with E-state index in [2.05, 4.69) is 0 Å². The Kier molecular flexibility index (Phi) is 6.19. The molecule has 1 saturated carbocycles. The molecule has 1 aliphatic rings. The second-order valence-electron chi connectivity index (χ2n) is 8.30. The standard InChI is InChI=1S/C22H22F6O3S/c1-19(21(23,24)25,22(26,27)28)16-7-9-17(10-8-16)20(12-11-15(13-20)14-29)32(30,31)18-5-3-2-4-6-18/h2-10,15,29H,11-14H2,1H3. The monoisotopic (exact) mass is 480 g/mol. The molecule has 2 aromatic carbocycles. The van der Waals surface area contributed by atoms with Crippen LogP contribution >= 0.6 is 0 Å².